The van der Waals surface area contributed by atoms with Gasteiger partial charge in [0.05, 0.1) is 14.2 Å². The van der Waals surface area contributed by atoms with Crippen LogP contribution in [0, 0.1) is 0 Å². The predicted octanol–water partition coefficient (Wildman–Crippen LogP) is 3.70. The maximum absolute atomic E-state index is 6.78. The summed E-state index contributed by atoms with van der Waals surface area (Å²) in [5, 5.41) is 0. The summed E-state index contributed by atoms with van der Waals surface area (Å²) in [7, 11) is 3.55. The molecule has 0 aromatic heterocycles. The van der Waals surface area contributed by atoms with E-state index in [1.54, 1.807) is 14.2 Å². The van der Waals surface area contributed by atoms with Crippen molar-refractivity contribution in [3.8, 4) is 11.5 Å². The smallest absolute Gasteiger partial charge is 0.127 e. The van der Waals surface area contributed by atoms with E-state index in [4.69, 9.17) is 15.2 Å². The predicted molar refractivity (Wildman–Crippen MR) is 85.1 cm³/mol. The van der Waals surface area contributed by atoms with Crippen molar-refractivity contribution in [3.05, 3.63) is 22.8 Å². The summed E-state index contributed by atoms with van der Waals surface area (Å²) in [4.78, 5) is 0. The highest BCUT2D eigenvalue weighted by molar-refractivity contribution is 5.57. The highest BCUT2D eigenvalue weighted by atomic mass is 16.5. The van der Waals surface area contributed by atoms with Crippen LogP contribution in [-0.2, 0) is 18.4 Å². The molecular weight excluding hydrogens is 262 g/mol. The second kappa shape index (κ2) is 5.88. The monoisotopic (exact) mass is 289 g/mol. The summed E-state index contributed by atoms with van der Waals surface area (Å²) in [5.74, 6) is 2.05. The third-order valence-electron chi connectivity index (χ3n) is 5.27. The van der Waals surface area contributed by atoms with Gasteiger partial charge in [0.25, 0.3) is 0 Å². The first-order valence-corrected chi connectivity index (χ1v) is 8.25. The quantitative estimate of drug-likeness (QED) is 0.922. The largest absolute Gasteiger partial charge is 0.496 e. The zero-order valence-electron chi connectivity index (χ0n) is 13.3. The van der Waals surface area contributed by atoms with Gasteiger partial charge in [0.1, 0.15) is 11.5 Å². The van der Waals surface area contributed by atoms with Crippen LogP contribution in [0.3, 0.4) is 0 Å². The van der Waals surface area contributed by atoms with E-state index in [1.807, 2.05) is 0 Å². The second-order valence-electron chi connectivity index (χ2n) is 6.54. The van der Waals surface area contributed by atoms with Crippen LogP contribution in [0.25, 0.3) is 0 Å². The number of hydrogen-bond acceptors (Lipinski definition) is 3. The van der Waals surface area contributed by atoms with Crippen LogP contribution >= 0.6 is 0 Å². The zero-order chi connectivity index (χ0) is 14.9. The van der Waals surface area contributed by atoms with E-state index in [2.05, 4.69) is 6.07 Å². The molecular formula is C18H27NO2. The van der Waals surface area contributed by atoms with Gasteiger partial charge < -0.3 is 15.2 Å². The third kappa shape index (κ3) is 2.52. The van der Waals surface area contributed by atoms with Crippen molar-refractivity contribution in [3.63, 3.8) is 0 Å². The Kier molecular flexibility index (Phi) is 4.12. The lowest BCUT2D eigenvalue weighted by molar-refractivity contribution is 0.285. The molecule has 0 spiro atoms. The second-order valence-corrected chi connectivity index (χ2v) is 6.54. The number of ether oxygens (including phenoxy) is 2. The Balaban J connectivity index is 2.15. The topological polar surface area (TPSA) is 44.5 Å². The third-order valence-corrected chi connectivity index (χ3v) is 5.27. The molecule has 1 aromatic rings. The number of fused-ring (bicyclic) bond motifs is 1. The molecule has 0 saturated heterocycles. The molecule has 116 valence electrons. The first-order valence-electron chi connectivity index (χ1n) is 8.25. The Labute approximate surface area is 127 Å². The van der Waals surface area contributed by atoms with Gasteiger partial charge in [-0.15, -0.1) is 0 Å². The Morgan fingerprint density at radius 1 is 0.905 bits per heavy atom. The molecule has 0 bridgehead atoms. The molecule has 0 atom stereocenters. The lowest BCUT2D eigenvalue weighted by Gasteiger charge is -2.37. The van der Waals surface area contributed by atoms with Gasteiger partial charge in [0.2, 0.25) is 0 Å². The molecule has 3 rings (SSSR count). The average Bonchev–Trinajstić information content (AvgIpc) is 2.54. The lowest BCUT2D eigenvalue weighted by Crippen LogP contribution is -2.39. The number of nitrogens with two attached hydrogens (primary N) is 1. The van der Waals surface area contributed by atoms with Gasteiger partial charge in [-0.3, -0.25) is 0 Å². The minimum atomic E-state index is -0.247. The van der Waals surface area contributed by atoms with Gasteiger partial charge in [-0.1, -0.05) is 19.3 Å². The number of hydrogen-bond donors (Lipinski definition) is 1. The van der Waals surface area contributed by atoms with E-state index in [9.17, 15) is 0 Å². The summed E-state index contributed by atoms with van der Waals surface area (Å²) >= 11 is 0. The van der Waals surface area contributed by atoms with Crippen LogP contribution in [0.5, 0.6) is 11.5 Å². The molecule has 2 aliphatic carbocycles. The van der Waals surface area contributed by atoms with Gasteiger partial charge in [-0.2, -0.15) is 0 Å². The molecule has 2 aliphatic rings. The van der Waals surface area contributed by atoms with Gasteiger partial charge in [-0.25, -0.2) is 0 Å². The van der Waals surface area contributed by atoms with Gasteiger partial charge in [-0.05, 0) is 44.6 Å². The van der Waals surface area contributed by atoms with Crippen molar-refractivity contribution in [2.24, 2.45) is 5.73 Å². The minimum absolute atomic E-state index is 0.247. The van der Waals surface area contributed by atoms with Crippen molar-refractivity contribution < 1.29 is 9.47 Å². The number of methoxy groups -OCH3 is 2. The number of rotatable bonds is 3. The molecule has 0 amide bonds. The Morgan fingerprint density at radius 2 is 1.57 bits per heavy atom. The highest BCUT2D eigenvalue weighted by Gasteiger charge is 2.35. The normalized spacial score (nSPS) is 20.7. The highest BCUT2D eigenvalue weighted by Crippen LogP contribution is 2.46. The Bertz CT molecular complexity index is 518. The van der Waals surface area contributed by atoms with Crippen LogP contribution in [0.2, 0.25) is 0 Å². The van der Waals surface area contributed by atoms with Gasteiger partial charge in [0, 0.05) is 22.2 Å². The summed E-state index contributed by atoms with van der Waals surface area (Å²) in [5.41, 5.74) is 10.4. The summed E-state index contributed by atoms with van der Waals surface area (Å²) < 4.78 is 11.5. The van der Waals surface area contributed by atoms with Gasteiger partial charge >= 0.3 is 0 Å². The minimum Gasteiger partial charge on any atom is -0.496 e. The first-order chi connectivity index (χ1) is 10.2. The standard InChI is InChI=1S/C18H27NO2/c1-20-16-12-15(18(19)10-6-3-7-11-18)17(21-2)14-9-5-4-8-13(14)16/h12H,3-11,19H2,1-2H3. The van der Waals surface area contributed by atoms with Crippen molar-refractivity contribution in [1.29, 1.82) is 0 Å². The van der Waals surface area contributed by atoms with Crippen LogP contribution in [0.15, 0.2) is 6.07 Å². The van der Waals surface area contributed by atoms with Crippen LogP contribution in [0.1, 0.15) is 61.6 Å². The fraction of sp³-hybridized carbons (Fsp3) is 0.667. The maximum Gasteiger partial charge on any atom is 0.127 e. The summed E-state index contributed by atoms with van der Waals surface area (Å²) in [6.45, 7) is 0. The molecule has 0 unspecified atom stereocenters. The van der Waals surface area contributed by atoms with Crippen LogP contribution in [-0.4, -0.2) is 14.2 Å². The molecule has 0 radical (unpaired) electrons. The van der Waals surface area contributed by atoms with E-state index in [0.29, 0.717) is 0 Å². The van der Waals surface area contributed by atoms with Crippen molar-refractivity contribution >= 4 is 0 Å². The molecule has 3 nitrogen and oxygen atoms in total. The van der Waals surface area contributed by atoms with Gasteiger partial charge in [0.15, 0.2) is 0 Å². The average molecular weight is 289 g/mol. The SMILES string of the molecule is COc1cc(C2(N)CCCCC2)c(OC)c2c1CCCC2. The fourth-order valence-electron chi connectivity index (χ4n) is 4.11. The van der Waals surface area contributed by atoms with Crippen molar-refractivity contribution in [1.82, 2.24) is 0 Å². The zero-order valence-corrected chi connectivity index (χ0v) is 13.3. The van der Waals surface area contributed by atoms with Crippen molar-refractivity contribution in [2.45, 2.75) is 63.3 Å². The molecule has 1 aromatic carbocycles. The molecule has 21 heavy (non-hydrogen) atoms. The molecule has 3 heteroatoms. The molecule has 0 aliphatic heterocycles. The Morgan fingerprint density at radius 3 is 2.19 bits per heavy atom. The maximum atomic E-state index is 6.78. The van der Waals surface area contributed by atoms with E-state index < -0.39 is 0 Å². The first kappa shape index (κ1) is 14.7. The fourth-order valence-corrected chi connectivity index (χ4v) is 4.11. The summed E-state index contributed by atoms with van der Waals surface area (Å²) in [6, 6.07) is 2.16. The molecule has 1 saturated carbocycles. The lowest BCUT2D eigenvalue weighted by atomic mass is 9.75. The van der Waals surface area contributed by atoms with Crippen molar-refractivity contribution in [2.75, 3.05) is 14.2 Å². The van der Waals surface area contributed by atoms with E-state index >= 15 is 0 Å². The van der Waals surface area contributed by atoms with Crippen LogP contribution < -0.4 is 15.2 Å². The number of benzene rings is 1. The van der Waals surface area contributed by atoms with E-state index in [1.165, 1.54) is 48.8 Å². The molecule has 1 fully saturated rings. The van der Waals surface area contributed by atoms with E-state index in [-0.39, 0.29) is 5.54 Å². The molecule has 0 heterocycles. The Hall–Kier alpha value is -1.22. The van der Waals surface area contributed by atoms with Crippen LogP contribution in [0.4, 0.5) is 0 Å². The summed E-state index contributed by atoms with van der Waals surface area (Å²) in [6.07, 6.45) is 10.4. The van der Waals surface area contributed by atoms with E-state index in [0.717, 1.165) is 37.2 Å². The molecule has 2 N–H and O–H groups in total.